The monoisotopic (exact) mass is 251 g/mol. The summed E-state index contributed by atoms with van der Waals surface area (Å²) in [6.07, 6.45) is 4.06. The number of nitrogen functional groups attached to an aromatic ring is 1. The largest absolute Gasteiger partial charge is 0.382 e. The molecule has 96 valence electrons. The Kier molecular flexibility index (Phi) is 2.82. The van der Waals surface area contributed by atoms with Gasteiger partial charge in [0.25, 0.3) is 0 Å². The second kappa shape index (κ2) is 4.50. The molecule has 0 bridgehead atoms. The minimum absolute atomic E-state index is 0.510. The number of anilines is 1. The molecule has 0 aliphatic heterocycles. The molecule has 0 amide bonds. The van der Waals surface area contributed by atoms with Gasteiger partial charge in [0, 0.05) is 17.0 Å². The lowest BCUT2D eigenvalue weighted by atomic mass is 10.0. The van der Waals surface area contributed by atoms with Gasteiger partial charge in [-0.2, -0.15) is 0 Å². The maximum Gasteiger partial charge on any atom is 0.150 e. The summed E-state index contributed by atoms with van der Waals surface area (Å²) in [5, 5.41) is 2.23. The van der Waals surface area contributed by atoms with E-state index < -0.39 is 0 Å². The van der Waals surface area contributed by atoms with Crippen LogP contribution in [-0.2, 0) is 6.42 Å². The Balaban J connectivity index is 2.39. The van der Waals surface area contributed by atoms with Crippen LogP contribution in [0.3, 0.4) is 0 Å². The van der Waals surface area contributed by atoms with Crippen LogP contribution in [0, 0.1) is 6.92 Å². The predicted octanol–water partition coefficient (Wildman–Crippen LogP) is 3.63. The van der Waals surface area contributed by atoms with Crippen molar-refractivity contribution in [3.05, 3.63) is 41.6 Å². The minimum atomic E-state index is 0.510. The minimum Gasteiger partial charge on any atom is -0.382 e. The molecule has 19 heavy (non-hydrogen) atoms. The molecule has 3 aromatic rings. The van der Waals surface area contributed by atoms with Gasteiger partial charge in [-0.3, -0.25) is 4.98 Å². The molecule has 0 saturated heterocycles. The second-order valence-electron chi connectivity index (χ2n) is 5.01. The molecule has 0 aliphatic rings. The van der Waals surface area contributed by atoms with Crippen LogP contribution in [0.5, 0.6) is 0 Å². The number of fused-ring (bicyclic) bond motifs is 3. The Hall–Kier alpha value is -2.16. The smallest absolute Gasteiger partial charge is 0.150 e. The van der Waals surface area contributed by atoms with E-state index in [2.05, 4.69) is 48.1 Å². The molecular formula is C16H17N3. The standard InChI is InChI=1S/C16H17N3/c1-3-4-11-8-13-12-6-5-10(2)7-14(12)19-16(17)15(13)18-9-11/h5-9H,3-4H2,1-2H3,(H2,17,19). The fourth-order valence-corrected chi connectivity index (χ4v) is 2.49. The van der Waals surface area contributed by atoms with Crippen molar-refractivity contribution >= 4 is 27.6 Å². The van der Waals surface area contributed by atoms with Crippen LogP contribution < -0.4 is 5.73 Å². The number of pyridine rings is 2. The zero-order chi connectivity index (χ0) is 13.4. The van der Waals surface area contributed by atoms with E-state index in [-0.39, 0.29) is 0 Å². The third kappa shape index (κ3) is 2.01. The van der Waals surface area contributed by atoms with E-state index >= 15 is 0 Å². The van der Waals surface area contributed by atoms with Crippen LogP contribution in [0.1, 0.15) is 24.5 Å². The quantitative estimate of drug-likeness (QED) is 0.708. The molecule has 0 radical (unpaired) electrons. The van der Waals surface area contributed by atoms with Crippen LogP contribution in [0.4, 0.5) is 5.82 Å². The average molecular weight is 251 g/mol. The van der Waals surface area contributed by atoms with Gasteiger partial charge in [-0.05, 0) is 36.6 Å². The highest BCUT2D eigenvalue weighted by atomic mass is 14.9. The van der Waals surface area contributed by atoms with Crippen LogP contribution in [0.2, 0.25) is 0 Å². The SMILES string of the molecule is CCCc1cnc2c(N)nc3cc(C)ccc3c2c1. The summed E-state index contributed by atoms with van der Waals surface area (Å²) >= 11 is 0. The number of benzene rings is 1. The van der Waals surface area contributed by atoms with Crippen LogP contribution in [0.25, 0.3) is 21.8 Å². The van der Waals surface area contributed by atoms with Gasteiger partial charge < -0.3 is 5.73 Å². The molecule has 0 atom stereocenters. The fraction of sp³-hybridized carbons (Fsp3) is 0.250. The first kappa shape index (κ1) is 11.9. The third-order valence-corrected chi connectivity index (χ3v) is 3.41. The molecule has 3 heteroatoms. The van der Waals surface area contributed by atoms with Crippen molar-refractivity contribution in [2.75, 3.05) is 5.73 Å². The van der Waals surface area contributed by atoms with E-state index in [1.165, 1.54) is 11.1 Å². The molecule has 2 N–H and O–H groups in total. The summed E-state index contributed by atoms with van der Waals surface area (Å²) in [5.41, 5.74) is 10.2. The summed E-state index contributed by atoms with van der Waals surface area (Å²) < 4.78 is 0. The highest BCUT2D eigenvalue weighted by Gasteiger charge is 2.08. The van der Waals surface area contributed by atoms with Gasteiger partial charge in [-0.15, -0.1) is 0 Å². The first-order chi connectivity index (χ1) is 9.19. The van der Waals surface area contributed by atoms with Crippen molar-refractivity contribution in [3.63, 3.8) is 0 Å². The fourth-order valence-electron chi connectivity index (χ4n) is 2.49. The molecular weight excluding hydrogens is 234 g/mol. The summed E-state index contributed by atoms with van der Waals surface area (Å²) in [7, 11) is 0. The Morgan fingerprint density at radius 3 is 2.79 bits per heavy atom. The van der Waals surface area contributed by atoms with Gasteiger partial charge in [0.15, 0.2) is 5.82 Å². The Morgan fingerprint density at radius 2 is 2.00 bits per heavy atom. The molecule has 3 rings (SSSR count). The van der Waals surface area contributed by atoms with Gasteiger partial charge >= 0.3 is 0 Å². The predicted molar refractivity (Wildman–Crippen MR) is 80.2 cm³/mol. The molecule has 0 unspecified atom stereocenters. The normalized spacial score (nSPS) is 11.3. The molecule has 0 aliphatic carbocycles. The van der Waals surface area contributed by atoms with Crippen molar-refractivity contribution < 1.29 is 0 Å². The Bertz CT molecular complexity index is 763. The summed E-state index contributed by atoms with van der Waals surface area (Å²) in [6.45, 7) is 4.24. The van der Waals surface area contributed by atoms with Crippen molar-refractivity contribution in [1.82, 2.24) is 9.97 Å². The molecule has 0 fully saturated rings. The van der Waals surface area contributed by atoms with Gasteiger partial charge in [0.2, 0.25) is 0 Å². The summed E-state index contributed by atoms with van der Waals surface area (Å²) in [4.78, 5) is 8.94. The third-order valence-electron chi connectivity index (χ3n) is 3.41. The number of aryl methyl sites for hydroxylation is 2. The zero-order valence-electron chi connectivity index (χ0n) is 11.3. The lowest BCUT2D eigenvalue weighted by Crippen LogP contribution is -1.97. The van der Waals surface area contributed by atoms with Gasteiger partial charge in [0.1, 0.15) is 5.52 Å². The van der Waals surface area contributed by atoms with E-state index in [1.54, 1.807) is 0 Å². The lowest BCUT2D eigenvalue weighted by Gasteiger charge is -2.08. The summed E-state index contributed by atoms with van der Waals surface area (Å²) in [5.74, 6) is 0.510. The van der Waals surface area contributed by atoms with Gasteiger partial charge in [-0.1, -0.05) is 25.5 Å². The zero-order valence-corrected chi connectivity index (χ0v) is 11.3. The topological polar surface area (TPSA) is 51.8 Å². The molecule has 0 saturated carbocycles. The molecule has 2 aromatic heterocycles. The van der Waals surface area contributed by atoms with Crippen molar-refractivity contribution in [3.8, 4) is 0 Å². The first-order valence-electron chi connectivity index (χ1n) is 6.63. The number of nitrogens with zero attached hydrogens (tertiary/aromatic N) is 2. The molecule has 3 nitrogen and oxygen atoms in total. The van der Waals surface area contributed by atoms with E-state index in [1.807, 2.05) is 6.20 Å². The highest BCUT2D eigenvalue weighted by Crippen LogP contribution is 2.27. The van der Waals surface area contributed by atoms with Crippen molar-refractivity contribution in [2.24, 2.45) is 0 Å². The van der Waals surface area contributed by atoms with Crippen LogP contribution in [0.15, 0.2) is 30.5 Å². The molecule has 1 aromatic carbocycles. The second-order valence-corrected chi connectivity index (χ2v) is 5.01. The Labute approximate surface area is 112 Å². The first-order valence-corrected chi connectivity index (χ1v) is 6.63. The molecule has 0 spiro atoms. The number of nitrogens with two attached hydrogens (primary N) is 1. The lowest BCUT2D eigenvalue weighted by molar-refractivity contribution is 0.917. The highest BCUT2D eigenvalue weighted by molar-refractivity contribution is 6.08. The maximum absolute atomic E-state index is 6.02. The summed E-state index contributed by atoms with van der Waals surface area (Å²) in [6, 6.07) is 8.47. The van der Waals surface area contributed by atoms with E-state index in [4.69, 9.17) is 5.73 Å². The van der Waals surface area contributed by atoms with Gasteiger partial charge in [-0.25, -0.2) is 4.98 Å². The number of hydrogen-bond donors (Lipinski definition) is 1. The number of aromatic nitrogens is 2. The number of rotatable bonds is 2. The van der Waals surface area contributed by atoms with Crippen molar-refractivity contribution in [2.45, 2.75) is 26.7 Å². The van der Waals surface area contributed by atoms with Gasteiger partial charge in [0.05, 0.1) is 5.52 Å². The van der Waals surface area contributed by atoms with Crippen LogP contribution >= 0.6 is 0 Å². The van der Waals surface area contributed by atoms with Crippen LogP contribution in [-0.4, -0.2) is 9.97 Å². The maximum atomic E-state index is 6.02. The van der Waals surface area contributed by atoms with Crippen molar-refractivity contribution in [1.29, 1.82) is 0 Å². The van der Waals surface area contributed by atoms with E-state index in [9.17, 15) is 0 Å². The average Bonchev–Trinajstić information content (AvgIpc) is 2.38. The Morgan fingerprint density at radius 1 is 1.16 bits per heavy atom. The van der Waals surface area contributed by atoms with E-state index in [0.717, 1.165) is 34.6 Å². The molecule has 2 heterocycles. The van der Waals surface area contributed by atoms with E-state index in [0.29, 0.717) is 5.82 Å². The number of hydrogen-bond acceptors (Lipinski definition) is 3.